The van der Waals surface area contributed by atoms with Gasteiger partial charge in [-0.2, -0.15) is 0 Å². The van der Waals surface area contributed by atoms with Crippen molar-refractivity contribution in [3.8, 4) is 0 Å². The van der Waals surface area contributed by atoms with E-state index in [1.807, 2.05) is 0 Å². The van der Waals surface area contributed by atoms with Crippen molar-refractivity contribution in [3.05, 3.63) is 18.4 Å². The fourth-order valence-corrected chi connectivity index (χ4v) is 1.65. The number of oxazole rings is 1. The highest BCUT2D eigenvalue weighted by atomic mass is 16.5. The van der Waals surface area contributed by atoms with Crippen LogP contribution in [-0.4, -0.2) is 46.1 Å². The molecular weight excluding hydrogens is 306 g/mol. The molecule has 2 atom stereocenters. The van der Waals surface area contributed by atoms with E-state index in [0.717, 1.165) is 0 Å². The Morgan fingerprint density at radius 2 is 2.17 bits per heavy atom. The first-order valence-electron chi connectivity index (χ1n) is 6.96. The number of ketones is 1. The number of nitrogens with zero attached hydrogens (tertiary/aromatic N) is 1. The van der Waals surface area contributed by atoms with Crippen LogP contribution in [0.5, 0.6) is 0 Å². The van der Waals surface area contributed by atoms with Crippen LogP contribution in [0.3, 0.4) is 0 Å². The first-order chi connectivity index (χ1) is 10.8. The number of esters is 1. The Morgan fingerprint density at radius 1 is 1.48 bits per heavy atom. The van der Waals surface area contributed by atoms with E-state index in [0.29, 0.717) is 6.21 Å². The number of aliphatic hydroxyl groups excluding tert-OH is 1. The minimum atomic E-state index is -1.68. The maximum atomic E-state index is 12.0. The fourth-order valence-electron chi connectivity index (χ4n) is 1.65. The smallest absolute Gasteiger partial charge is 0.328 e. The highest BCUT2D eigenvalue weighted by Crippen LogP contribution is 2.11. The van der Waals surface area contributed by atoms with Gasteiger partial charge in [-0.1, -0.05) is 0 Å². The summed E-state index contributed by atoms with van der Waals surface area (Å²) < 4.78 is 9.82. The molecule has 0 aromatic carbocycles. The molecule has 0 aliphatic rings. The summed E-state index contributed by atoms with van der Waals surface area (Å²) in [6.07, 6.45) is 0.835. The maximum absolute atomic E-state index is 12.0. The summed E-state index contributed by atoms with van der Waals surface area (Å²) in [4.78, 5) is 38.8. The van der Waals surface area contributed by atoms with Crippen molar-refractivity contribution in [1.29, 1.82) is 5.41 Å². The van der Waals surface area contributed by atoms with Crippen LogP contribution in [-0.2, 0) is 19.1 Å². The molecule has 0 aliphatic carbocycles. The second-order valence-electron chi connectivity index (χ2n) is 4.97. The number of nitrogens with one attached hydrogen (secondary N) is 2. The normalized spacial score (nSPS) is 13.2. The first kappa shape index (κ1) is 18.5. The molecule has 0 radical (unpaired) electrons. The standard InChI is InChI=1S/C14H19N3O6/c1-8(2)23-14(21)10(4-3-9(18)7-15)17-12(20)11(19)13-16-5-6-22-13/h5-8,10-11,15,19H,3-4H2,1-2H3,(H,17,20)/t10-,11-/m0/s1. The molecule has 3 N–H and O–H groups in total. The lowest BCUT2D eigenvalue weighted by atomic mass is 10.1. The molecule has 9 nitrogen and oxygen atoms in total. The zero-order valence-corrected chi connectivity index (χ0v) is 12.8. The van der Waals surface area contributed by atoms with Crippen molar-refractivity contribution in [2.75, 3.05) is 0 Å². The van der Waals surface area contributed by atoms with Gasteiger partial charge in [0, 0.05) is 6.42 Å². The predicted molar refractivity (Wildman–Crippen MR) is 77.6 cm³/mol. The molecule has 0 saturated carbocycles. The van der Waals surface area contributed by atoms with E-state index in [4.69, 9.17) is 14.6 Å². The van der Waals surface area contributed by atoms with Crippen LogP contribution >= 0.6 is 0 Å². The van der Waals surface area contributed by atoms with Gasteiger partial charge in [-0.25, -0.2) is 9.78 Å². The Labute approximate surface area is 132 Å². The number of hydrogen-bond acceptors (Lipinski definition) is 8. The number of ether oxygens (including phenoxy) is 1. The van der Waals surface area contributed by atoms with Crippen molar-refractivity contribution in [1.82, 2.24) is 10.3 Å². The third-order valence-corrected chi connectivity index (χ3v) is 2.73. The number of carbonyl (C=O) groups is 3. The third-order valence-electron chi connectivity index (χ3n) is 2.73. The SMILES string of the molecule is CC(C)OC(=O)[C@H](CCC(=O)C=N)NC(=O)[C@H](O)c1ncco1. The van der Waals surface area contributed by atoms with Crippen molar-refractivity contribution >= 4 is 23.9 Å². The van der Waals surface area contributed by atoms with Crippen LogP contribution in [0.1, 0.15) is 38.7 Å². The molecular formula is C14H19N3O6. The summed E-state index contributed by atoms with van der Waals surface area (Å²) in [6, 6.07) is -1.13. The topological polar surface area (TPSA) is 143 Å². The van der Waals surface area contributed by atoms with Gasteiger partial charge >= 0.3 is 5.97 Å². The van der Waals surface area contributed by atoms with Gasteiger partial charge in [0.1, 0.15) is 12.3 Å². The van der Waals surface area contributed by atoms with Gasteiger partial charge in [0.15, 0.2) is 5.78 Å². The number of aromatic nitrogens is 1. The Morgan fingerprint density at radius 3 is 2.70 bits per heavy atom. The molecule has 0 aliphatic heterocycles. The van der Waals surface area contributed by atoms with E-state index in [2.05, 4.69) is 10.3 Å². The van der Waals surface area contributed by atoms with Crippen LogP contribution in [0.25, 0.3) is 0 Å². The molecule has 9 heteroatoms. The van der Waals surface area contributed by atoms with E-state index >= 15 is 0 Å². The van der Waals surface area contributed by atoms with Gasteiger partial charge in [0.2, 0.25) is 12.0 Å². The van der Waals surface area contributed by atoms with Crippen LogP contribution in [0, 0.1) is 5.41 Å². The largest absolute Gasteiger partial charge is 0.461 e. The van der Waals surface area contributed by atoms with E-state index in [-0.39, 0.29) is 18.7 Å². The average Bonchev–Trinajstić information content (AvgIpc) is 3.03. The summed E-state index contributed by atoms with van der Waals surface area (Å²) in [5.41, 5.74) is 0. The molecule has 0 saturated heterocycles. The lowest BCUT2D eigenvalue weighted by molar-refractivity contribution is -0.152. The Kier molecular flexibility index (Phi) is 7.07. The van der Waals surface area contributed by atoms with E-state index in [9.17, 15) is 19.5 Å². The van der Waals surface area contributed by atoms with E-state index < -0.39 is 35.9 Å². The second kappa shape index (κ2) is 8.79. The van der Waals surface area contributed by atoms with Gasteiger partial charge in [-0.3, -0.25) is 9.59 Å². The molecule has 0 spiro atoms. The zero-order chi connectivity index (χ0) is 17.4. The Bertz CT molecular complexity index is 555. The predicted octanol–water partition coefficient (Wildman–Crippen LogP) is 0.143. The highest BCUT2D eigenvalue weighted by molar-refractivity contribution is 6.26. The van der Waals surface area contributed by atoms with Crippen molar-refractivity contribution < 1.29 is 28.6 Å². The Balaban J connectivity index is 2.74. The minimum absolute atomic E-state index is 0.0518. The van der Waals surface area contributed by atoms with Gasteiger partial charge in [-0.15, -0.1) is 0 Å². The fraction of sp³-hybridized carbons (Fsp3) is 0.500. The molecule has 1 rings (SSSR count). The summed E-state index contributed by atoms with van der Waals surface area (Å²) in [5.74, 6) is -2.34. The van der Waals surface area contributed by atoms with Crippen LogP contribution in [0.4, 0.5) is 0 Å². The molecule has 1 amide bonds. The molecule has 1 aromatic heterocycles. The number of aliphatic hydroxyl groups is 1. The molecule has 126 valence electrons. The molecule has 0 unspecified atom stereocenters. The third kappa shape index (κ3) is 5.99. The van der Waals surface area contributed by atoms with Crippen LogP contribution < -0.4 is 5.32 Å². The quantitative estimate of drug-likeness (QED) is 0.433. The van der Waals surface area contributed by atoms with Gasteiger partial charge in [-0.05, 0) is 20.3 Å². The Hall–Kier alpha value is -2.55. The summed E-state index contributed by atoms with van der Waals surface area (Å²) in [7, 11) is 0. The number of rotatable bonds is 9. The van der Waals surface area contributed by atoms with Gasteiger partial charge in [0.05, 0.1) is 18.5 Å². The molecule has 0 bridgehead atoms. The lowest BCUT2D eigenvalue weighted by Gasteiger charge is -2.19. The summed E-state index contributed by atoms with van der Waals surface area (Å²) >= 11 is 0. The number of amides is 1. The van der Waals surface area contributed by atoms with Crippen molar-refractivity contribution in [2.24, 2.45) is 0 Å². The minimum Gasteiger partial charge on any atom is -0.461 e. The van der Waals surface area contributed by atoms with Crippen molar-refractivity contribution in [3.63, 3.8) is 0 Å². The zero-order valence-electron chi connectivity index (χ0n) is 12.8. The van der Waals surface area contributed by atoms with Crippen LogP contribution in [0.15, 0.2) is 16.9 Å². The monoisotopic (exact) mass is 325 g/mol. The molecule has 23 heavy (non-hydrogen) atoms. The lowest BCUT2D eigenvalue weighted by Crippen LogP contribution is -2.44. The summed E-state index contributed by atoms with van der Waals surface area (Å²) in [5, 5.41) is 18.9. The van der Waals surface area contributed by atoms with Crippen molar-refractivity contribution in [2.45, 2.75) is 44.9 Å². The number of carbonyl (C=O) groups excluding carboxylic acids is 3. The summed E-state index contributed by atoms with van der Waals surface area (Å²) in [6.45, 7) is 3.28. The molecule has 1 heterocycles. The number of Topliss-reactive ketones (excluding diaryl/α,β-unsaturated/α-hetero) is 1. The molecule has 0 fully saturated rings. The van der Waals surface area contributed by atoms with E-state index in [1.54, 1.807) is 13.8 Å². The second-order valence-corrected chi connectivity index (χ2v) is 4.97. The van der Waals surface area contributed by atoms with Gasteiger partial charge in [0.25, 0.3) is 5.91 Å². The van der Waals surface area contributed by atoms with E-state index in [1.165, 1.54) is 12.5 Å². The number of hydrogen-bond donors (Lipinski definition) is 3. The van der Waals surface area contributed by atoms with Gasteiger partial charge < -0.3 is 25.0 Å². The maximum Gasteiger partial charge on any atom is 0.328 e. The molecule has 1 aromatic rings. The average molecular weight is 325 g/mol. The first-order valence-corrected chi connectivity index (χ1v) is 6.96. The van der Waals surface area contributed by atoms with Crippen LogP contribution in [0.2, 0.25) is 0 Å². The highest BCUT2D eigenvalue weighted by Gasteiger charge is 2.29.